The van der Waals surface area contributed by atoms with Gasteiger partial charge >= 0.3 is 0 Å². The van der Waals surface area contributed by atoms with E-state index in [1.54, 1.807) is 12.1 Å². The maximum Gasteiger partial charge on any atom is 0.261 e. The minimum Gasteiger partial charge on any atom is -0.384 e. The van der Waals surface area contributed by atoms with Gasteiger partial charge in [-0.05, 0) is 43.0 Å². The van der Waals surface area contributed by atoms with Gasteiger partial charge in [-0.15, -0.1) is 11.3 Å². The summed E-state index contributed by atoms with van der Waals surface area (Å²) in [7, 11) is 0. The van der Waals surface area contributed by atoms with E-state index in [-0.39, 0.29) is 22.5 Å². The Kier molecular flexibility index (Phi) is 3.16. The Labute approximate surface area is 136 Å². The summed E-state index contributed by atoms with van der Waals surface area (Å²) in [5, 5.41) is 7.23. The predicted octanol–water partition coefficient (Wildman–Crippen LogP) is 3.83. The van der Waals surface area contributed by atoms with Gasteiger partial charge in [-0.3, -0.25) is 4.79 Å². The van der Waals surface area contributed by atoms with Crippen LogP contribution in [-0.2, 0) is 0 Å². The molecule has 114 valence electrons. The van der Waals surface area contributed by atoms with Crippen molar-refractivity contribution in [1.82, 2.24) is 10.6 Å². The van der Waals surface area contributed by atoms with Crippen LogP contribution < -0.4 is 10.6 Å². The molecule has 1 aliphatic carbocycles. The minimum atomic E-state index is -0.454. The van der Waals surface area contributed by atoms with E-state index in [1.807, 2.05) is 12.3 Å². The number of amides is 1. The van der Waals surface area contributed by atoms with Crippen molar-refractivity contribution in [2.24, 2.45) is 0 Å². The van der Waals surface area contributed by atoms with Crippen LogP contribution in [-0.4, -0.2) is 17.5 Å². The zero-order chi connectivity index (χ0) is 15.3. The van der Waals surface area contributed by atoms with Crippen molar-refractivity contribution in [2.45, 2.75) is 30.8 Å². The molecule has 1 aromatic carbocycles. The van der Waals surface area contributed by atoms with Crippen LogP contribution in [0.3, 0.4) is 0 Å². The zero-order valence-electron chi connectivity index (χ0n) is 11.7. The third kappa shape index (κ3) is 2.20. The number of carbonyl (C=O) groups excluding carboxylic acids is 1. The Bertz CT molecular complexity index is 797. The first-order chi connectivity index (χ1) is 10.6. The molecule has 1 amide bonds. The number of thiophene rings is 1. The first-order valence-corrected chi connectivity index (χ1v) is 8.40. The van der Waals surface area contributed by atoms with E-state index in [1.165, 1.54) is 6.07 Å². The first-order valence-electron chi connectivity index (χ1n) is 7.20. The van der Waals surface area contributed by atoms with Gasteiger partial charge in [-0.1, -0.05) is 23.7 Å². The van der Waals surface area contributed by atoms with Gasteiger partial charge in [0, 0.05) is 0 Å². The van der Waals surface area contributed by atoms with Gasteiger partial charge in [-0.25, -0.2) is 4.39 Å². The van der Waals surface area contributed by atoms with Crippen LogP contribution >= 0.6 is 22.9 Å². The molecule has 4 rings (SSSR count). The van der Waals surface area contributed by atoms with E-state index in [4.69, 9.17) is 11.6 Å². The minimum absolute atomic E-state index is 0.0235. The molecular formula is C16H14ClFN2OS. The molecule has 2 N–H and O–H groups in total. The highest BCUT2D eigenvalue weighted by atomic mass is 35.5. The third-order valence-electron chi connectivity index (χ3n) is 4.42. The Morgan fingerprint density at radius 3 is 3.05 bits per heavy atom. The lowest BCUT2D eigenvalue weighted by Gasteiger charge is -2.30. The van der Waals surface area contributed by atoms with Crippen molar-refractivity contribution >= 4 is 38.9 Å². The van der Waals surface area contributed by atoms with Crippen LogP contribution in [0.15, 0.2) is 30.5 Å². The van der Waals surface area contributed by atoms with Gasteiger partial charge in [0.05, 0.1) is 26.2 Å². The smallest absolute Gasteiger partial charge is 0.261 e. The van der Waals surface area contributed by atoms with Gasteiger partial charge in [0.2, 0.25) is 0 Å². The molecule has 1 unspecified atom stereocenters. The maximum atomic E-state index is 14.0. The number of fused-ring (bicyclic) bond motifs is 1. The van der Waals surface area contributed by atoms with Gasteiger partial charge in [0.15, 0.2) is 5.82 Å². The van der Waals surface area contributed by atoms with Crippen LogP contribution in [0, 0.1) is 5.82 Å². The number of nitrogens with one attached hydrogen (secondary N) is 2. The predicted molar refractivity (Wildman–Crippen MR) is 86.9 cm³/mol. The van der Waals surface area contributed by atoms with E-state index >= 15 is 0 Å². The fourth-order valence-electron chi connectivity index (χ4n) is 2.97. The molecule has 22 heavy (non-hydrogen) atoms. The van der Waals surface area contributed by atoms with E-state index in [2.05, 4.69) is 10.6 Å². The summed E-state index contributed by atoms with van der Waals surface area (Å²) in [4.78, 5) is 13.0. The summed E-state index contributed by atoms with van der Waals surface area (Å²) in [6, 6.07) is 5.06. The second-order valence-electron chi connectivity index (χ2n) is 5.85. The molecule has 0 radical (unpaired) electrons. The van der Waals surface area contributed by atoms with Crippen molar-refractivity contribution < 1.29 is 9.18 Å². The number of halogens is 2. The second-order valence-corrected chi connectivity index (χ2v) is 7.31. The average Bonchev–Trinajstić information content (AvgIpc) is 3.13. The van der Waals surface area contributed by atoms with E-state index in [0.717, 1.165) is 30.6 Å². The fraction of sp³-hybridized carbons (Fsp3) is 0.312. The largest absolute Gasteiger partial charge is 0.384 e. The SMILES string of the molecule is O=C(NC1CC=CNC12CC2)c1cc2ccc(Cl)c(F)c2s1. The molecule has 2 aliphatic rings. The summed E-state index contributed by atoms with van der Waals surface area (Å²) in [6.07, 6.45) is 6.95. The molecule has 0 saturated heterocycles. The molecule has 3 nitrogen and oxygen atoms in total. The molecule has 1 spiro atoms. The fourth-order valence-corrected chi connectivity index (χ4v) is 4.18. The Hall–Kier alpha value is -1.59. The number of hydrogen-bond donors (Lipinski definition) is 2. The topological polar surface area (TPSA) is 41.1 Å². The van der Waals surface area contributed by atoms with Crippen molar-refractivity contribution in [3.63, 3.8) is 0 Å². The Morgan fingerprint density at radius 2 is 2.27 bits per heavy atom. The number of rotatable bonds is 2. The van der Waals surface area contributed by atoms with E-state index < -0.39 is 5.82 Å². The quantitative estimate of drug-likeness (QED) is 0.875. The molecule has 1 saturated carbocycles. The summed E-state index contributed by atoms with van der Waals surface area (Å²) in [6.45, 7) is 0. The van der Waals surface area contributed by atoms with Gasteiger partial charge in [0.1, 0.15) is 0 Å². The standard InChI is InChI=1S/C16H14ClFN2OS/c17-10-4-3-9-8-11(22-14(9)13(10)18)15(21)20-12-2-1-7-19-16(12)5-6-16/h1,3-4,7-8,12,19H,2,5-6H2,(H,20,21). The number of benzene rings is 1. The van der Waals surface area contributed by atoms with Crippen LogP contribution in [0.4, 0.5) is 4.39 Å². The van der Waals surface area contributed by atoms with Crippen molar-refractivity contribution in [1.29, 1.82) is 0 Å². The number of carbonyl (C=O) groups is 1. The van der Waals surface area contributed by atoms with Crippen molar-refractivity contribution in [3.05, 3.63) is 46.2 Å². The molecule has 1 aromatic heterocycles. The molecular weight excluding hydrogens is 323 g/mol. The van der Waals surface area contributed by atoms with Gasteiger partial charge in [-0.2, -0.15) is 0 Å². The van der Waals surface area contributed by atoms with Crippen LogP contribution in [0.2, 0.25) is 5.02 Å². The van der Waals surface area contributed by atoms with Crippen molar-refractivity contribution in [3.8, 4) is 0 Å². The van der Waals surface area contributed by atoms with E-state index in [9.17, 15) is 9.18 Å². The summed E-state index contributed by atoms with van der Waals surface area (Å²) < 4.78 is 14.4. The monoisotopic (exact) mass is 336 g/mol. The Morgan fingerprint density at radius 1 is 1.45 bits per heavy atom. The number of hydrogen-bond acceptors (Lipinski definition) is 3. The molecule has 6 heteroatoms. The van der Waals surface area contributed by atoms with E-state index in [0.29, 0.717) is 15.0 Å². The highest BCUT2D eigenvalue weighted by molar-refractivity contribution is 7.20. The highest BCUT2D eigenvalue weighted by Gasteiger charge is 2.50. The maximum absolute atomic E-state index is 14.0. The molecule has 2 aromatic rings. The van der Waals surface area contributed by atoms with Gasteiger partial charge < -0.3 is 10.6 Å². The van der Waals surface area contributed by atoms with Crippen LogP contribution in [0.25, 0.3) is 10.1 Å². The van der Waals surface area contributed by atoms with Crippen LogP contribution in [0.1, 0.15) is 28.9 Å². The normalized spacial score (nSPS) is 21.8. The summed E-state index contributed by atoms with van der Waals surface area (Å²) >= 11 is 6.94. The molecule has 0 bridgehead atoms. The van der Waals surface area contributed by atoms with Gasteiger partial charge in [0.25, 0.3) is 5.91 Å². The molecule has 1 atom stereocenters. The average molecular weight is 337 g/mol. The molecule has 2 heterocycles. The second kappa shape index (κ2) is 4.96. The molecule has 1 aliphatic heterocycles. The first kappa shape index (κ1) is 14.0. The Balaban J connectivity index is 1.60. The lowest BCUT2D eigenvalue weighted by molar-refractivity contribution is 0.0928. The third-order valence-corrected chi connectivity index (χ3v) is 5.86. The lowest BCUT2D eigenvalue weighted by Crippen LogP contribution is -2.52. The summed E-state index contributed by atoms with van der Waals surface area (Å²) in [5.41, 5.74) is 0.0235. The van der Waals surface area contributed by atoms with Crippen LogP contribution in [0.5, 0.6) is 0 Å². The highest BCUT2D eigenvalue weighted by Crippen LogP contribution is 2.42. The molecule has 1 fully saturated rings. The summed E-state index contributed by atoms with van der Waals surface area (Å²) in [5.74, 6) is -0.603. The van der Waals surface area contributed by atoms with Crippen molar-refractivity contribution in [2.75, 3.05) is 0 Å². The zero-order valence-corrected chi connectivity index (χ0v) is 13.2. The lowest BCUT2D eigenvalue weighted by atomic mass is 9.99.